The van der Waals surface area contributed by atoms with Gasteiger partial charge in [0.15, 0.2) is 5.96 Å². The Balaban J connectivity index is 0.00000576. The minimum Gasteiger partial charge on any atom is -0.444 e. The third-order valence-corrected chi connectivity index (χ3v) is 4.51. The van der Waals surface area contributed by atoms with Gasteiger partial charge in [-0.25, -0.2) is 4.79 Å². The number of thiophene rings is 1. The van der Waals surface area contributed by atoms with E-state index in [-0.39, 0.29) is 24.0 Å². The molecule has 0 bridgehead atoms. The van der Waals surface area contributed by atoms with E-state index in [0.717, 1.165) is 4.47 Å². The highest BCUT2D eigenvalue weighted by Gasteiger charge is 2.24. The van der Waals surface area contributed by atoms with Crippen molar-refractivity contribution in [3.63, 3.8) is 0 Å². The van der Waals surface area contributed by atoms with Crippen molar-refractivity contribution >= 4 is 63.3 Å². The summed E-state index contributed by atoms with van der Waals surface area (Å²) in [6, 6.07) is 2.07. The minimum absolute atomic E-state index is 0. The van der Waals surface area contributed by atoms with Crippen LogP contribution < -0.4 is 16.0 Å². The smallest absolute Gasteiger partial charge is 0.408 e. The highest BCUT2D eigenvalue weighted by atomic mass is 127. The first-order valence-electron chi connectivity index (χ1n) is 7.69. The predicted molar refractivity (Wildman–Crippen MR) is 119 cm³/mol. The van der Waals surface area contributed by atoms with Gasteiger partial charge in [0.1, 0.15) is 5.60 Å². The number of nitrogens with one attached hydrogen (secondary N) is 3. The molecule has 0 spiro atoms. The molecule has 144 valence electrons. The highest BCUT2D eigenvalue weighted by molar-refractivity contribution is 14.0. The predicted octanol–water partition coefficient (Wildman–Crippen LogP) is 4.10. The maximum Gasteiger partial charge on any atom is 0.408 e. The van der Waals surface area contributed by atoms with Crippen molar-refractivity contribution in [1.29, 1.82) is 0 Å². The summed E-state index contributed by atoms with van der Waals surface area (Å²) in [4.78, 5) is 17.3. The Morgan fingerprint density at radius 3 is 2.40 bits per heavy atom. The average molecular weight is 547 g/mol. The number of nitrogens with zero attached hydrogens (tertiary/aromatic N) is 1. The largest absolute Gasteiger partial charge is 0.444 e. The van der Waals surface area contributed by atoms with Gasteiger partial charge in [-0.05, 0) is 56.6 Å². The number of carbonyl (C=O) groups is 1. The summed E-state index contributed by atoms with van der Waals surface area (Å²) >= 11 is 5.11. The van der Waals surface area contributed by atoms with Crippen LogP contribution >= 0.6 is 51.2 Å². The fraction of sp³-hybridized carbons (Fsp3) is 0.625. The SMILES string of the molecule is CN=C(NCc1cc(Br)cs1)NCC(C)(C)NC(=O)OC(C)(C)C.I. The Kier molecular flexibility index (Phi) is 10.3. The van der Waals surface area contributed by atoms with E-state index < -0.39 is 17.2 Å². The number of guanidine groups is 1. The number of carbonyl (C=O) groups excluding carboxylic acids is 1. The molecule has 9 heteroatoms. The van der Waals surface area contributed by atoms with Gasteiger partial charge < -0.3 is 20.7 Å². The molecule has 0 aliphatic carbocycles. The second kappa shape index (κ2) is 10.6. The summed E-state index contributed by atoms with van der Waals surface area (Å²) < 4.78 is 6.37. The standard InChI is InChI=1S/C16H27BrN4O2S.HI/c1-15(2,3)23-14(22)21-16(4,5)10-20-13(18-6)19-8-12-7-11(17)9-24-12;/h7,9H,8,10H2,1-6H3,(H,21,22)(H2,18,19,20);1H. The van der Waals surface area contributed by atoms with Gasteiger partial charge in [-0.2, -0.15) is 0 Å². The Hall–Kier alpha value is -0.550. The van der Waals surface area contributed by atoms with Crippen molar-refractivity contribution in [2.75, 3.05) is 13.6 Å². The fourth-order valence-electron chi connectivity index (χ4n) is 1.77. The second-order valence-corrected chi connectivity index (χ2v) is 8.93. The summed E-state index contributed by atoms with van der Waals surface area (Å²) in [6.07, 6.45) is -0.430. The molecule has 0 aliphatic heterocycles. The van der Waals surface area contributed by atoms with Crippen LogP contribution in [0.3, 0.4) is 0 Å². The van der Waals surface area contributed by atoms with E-state index in [2.05, 4.69) is 42.9 Å². The Morgan fingerprint density at radius 1 is 1.28 bits per heavy atom. The van der Waals surface area contributed by atoms with Crippen LogP contribution in [0.2, 0.25) is 0 Å². The molecule has 0 atom stereocenters. The van der Waals surface area contributed by atoms with Crippen LogP contribution in [0.1, 0.15) is 39.5 Å². The van der Waals surface area contributed by atoms with Gasteiger partial charge in [-0.1, -0.05) is 0 Å². The lowest BCUT2D eigenvalue weighted by Gasteiger charge is -2.29. The van der Waals surface area contributed by atoms with E-state index in [9.17, 15) is 4.79 Å². The summed E-state index contributed by atoms with van der Waals surface area (Å²) in [6.45, 7) is 10.6. The quantitative estimate of drug-likeness (QED) is 0.295. The third kappa shape index (κ3) is 10.9. The number of ether oxygens (including phenoxy) is 1. The Bertz CT molecular complexity index is 585. The first-order chi connectivity index (χ1) is 11.0. The molecule has 0 saturated carbocycles. The topological polar surface area (TPSA) is 74.8 Å². The van der Waals surface area contributed by atoms with E-state index in [1.54, 1.807) is 18.4 Å². The molecule has 25 heavy (non-hydrogen) atoms. The molecule has 1 heterocycles. The molecule has 0 fully saturated rings. The first kappa shape index (κ1) is 24.5. The fourth-order valence-corrected chi connectivity index (χ4v) is 3.16. The van der Waals surface area contributed by atoms with Crippen LogP contribution in [0.15, 0.2) is 20.9 Å². The molecule has 0 saturated heterocycles. The van der Waals surface area contributed by atoms with Crippen LogP contribution in [-0.4, -0.2) is 36.8 Å². The zero-order chi connectivity index (χ0) is 18.4. The molecular formula is C16H28BrIN4O2S. The number of amides is 1. The molecule has 0 unspecified atom stereocenters. The first-order valence-corrected chi connectivity index (χ1v) is 9.36. The lowest BCUT2D eigenvalue weighted by atomic mass is 10.1. The third-order valence-electron chi connectivity index (χ3n) is 2.81. The lowest BCUT2D eigenvalue weighted by Crippen LogP contribution is -2.54. The van der Waals surface area contributed by atoms with Crippen molar-refractivity contribution in [2.24, 2.45) is 4.99 Å². The maximum atomic E-state index is 11.9. The van der Waals surface area contributed by atoms with Crippen molar-refractivity contribution in [3.05, 3.63) is 20.8 Å². The summed E-state index contributed by atoms with van der Waals surface area (Å²) in [5.41, 5.74) is -0.994. The van der Waals surface area contributed by atoms with E-state index >= 15 is 0 Å². The molecular weight excluding hydrogens is 519 g/mol. The molecule has 1 amide bonds. The van der Waals surface area contributed by atoms with E-state index in [4.69, 9.17) is 4.74 Å². The average Bonchev–Trinajstić information content (AvgIpc) is 2.81. The van der Waals surface area contributed by atoms with Gasteiger partial charge in [0.2, 0.25) is 0 Å². The minimum atomic E-state index is -0.514. The Morgan fingerprint density at radius 2 is 1.92 bits per heavy atom. The number of rotatable bonds is 5. The van der Waals surface area contributed by atoms with Crippen molar-refractivity contribution < 1.29 is 9.53 Å². The van der Waals surface area contributed by atoms with E-state index in [0.29, 0.717) is 19.0 Å². The van der Waals surface area contributed by atoms with Gasteiger partial charge >= 0.3 is 6.09 Å². The zero-order valence-corrected chi connectivity index (χ0v) is 20.3. The van der Waals surface area contributed by atoms with Gasteiger partial charge in [0.05, 0.1) is 12.1 Å². The van der Waals surface area contributed by atoms with Crippen molar-refractivity contribution in [1.82, 2.24) is 16.0 Å². The molecule has 6 nitrogen and oxygen atoms in total. The van der Waals surface area contributed by atoms with Gasteiger partial charge in [0.25, 0.3) is 0 Å². The molecule has 0 aliphatic rings. The van der Waals surface area contributed by atoms with Crippen molar-refractivity contribution in [2.45, 2.75) is 52.3 Å². The molecule has 3 N–H and O–H groups in total. The number of aliphatic imine (C=N–C) groups is 1. The Labute approximate surface area is 179 Å². The van der Waals surface area contributed by atoms with Gasteiger partial charge in [0, 0.05) is 28.3 Å². The lowest BCUT2D eigenvalue weighted by molar-refractivity contribution is 0.0474. The second-order valence-electron chi connectivity index (χ2n) is 7.02. The van der Waals surface area contributed by atoms with Crippen LogP contribution in [0.25, 0.3) is 0 Å². The van der Waals surface area contributed by atoms with Crippen LogP contribution in [0.4, 0.5) is 4.79 Å². The summed E-state index contributed by atoms with van der Waals surface area (Å²) in [5, 5.41) is 11.4. The molecule has 0 aromatic carbocycles. The summed E-state index contributed by atoms with van der Waals surface area (Å²) in [5.74, 6) is 0.679. The zero-order valence-electron chi connectivity index (χ0n) is 15.5. The molecule has 1 aromatic rings. The number of halogens is 2. The highest BCUT2D eigenvalue weighted by Crippen LogP contribution is 2.19. The van der Waals surface area contributed by atoms with Crippen molar-refractivity contribution in [3.8, 4) is 0 Å². The number of hydrogen-bond donors (Lipinski definition) is 3. The van der Waals surface area contributed by atoms with Crippen LogP contribution in [0.5, 0.6) is 0 Å². The van der Waals surface area contributed by atoms with E-state index in [1.807, 2.05) is 40.0 Å². The van der Waals surface area contributed by atoms with Crippen LogP contribution in [-0.2, 0) is 11.3 Å². The molecule has 1 rings (SSSR count). The van der Waals surface area contributed by atoms with E-state index in [1.165, 1.54) is 4.88 Å². The summed E-state index contributed by atoms with van der Waals surface area (Å²) in [7, 11) is 1.72. The number of alkyl carbamates (subject to hydrolysis) is 1. The number of hydrogen-bond acceptors (Lipinski definition) is 4. The maximum absolute atomic E-state index is 11.9. The van der Waals surface area contributed by atoms with Gasteiger partial charge in [-0.15, -0.1) is 35.3 Å². The van der Waals surface area contributed by atoms with Gasteiger partial charge in [-0.3, -0.25) is 4.99 Å². The monoisotopic (exact) mass is 546 g/mol. The molecule has 1 aromatic heterocycles. The molecule has 0 radical (unpaired) electrons. The van der Waals surface area contributed by atoms with Crippen LogP contribution in [0, 0.1) is 0 Å². The normalized spacial score (nSPS) is 12.2.